The van der Waals surface area contributed by atoms with Gasteiger partial charge >= 0.3 is 0 Å². The van der Waals surface area contributed by atoms with Gasteiger partial charge in [-0.15, -0.1) is 0 Å². The lowest BCUT2D eigenvalue weighted by Crippen LogP contribution is -2.19. The van der Waals surface area contributed by atoms with E-state index in [1.54, 1.807) is 0 Å². The topological polar surface area (TPSA) is 26.0 Å². The maximum absolute atomic E-state index is 5.85. The average molecular weight is 187 g/mol. The fourth-order valence-electron chi connectivity index (χ4n) is 1.26. The molecule has 0 fully saturated rings. The Labute approximate surface area is 86.3 Å². The number of nitrogens with two attached hydrogens (primary N) is 1. The van der Waals surface area contributed by atoms with Crippen molar-refractivity contribution in [3.63, 3.8) is 0 Å². The van der Waals surface area contributed by atoms with E-state index in [0.29, 0.717) is 5.92 Å². The van der Waals surface area contributed by atoms with E-state index in [-0.39, 0.29) is 6.04 Å². The van der Waals surface area contributed by atoms with Gasteiger partial charge in [-0.2, -0.15) is 0 Å². The van der Waals surface area contributed by atoms with Crippen molar-refractivity contribution < 1.29 is 0 Å². The monoisotopic (exact) mass is 187 g/mol. The zero-order valence-corrected chi connectivity index (χ0v) is 8.83. The highest BCUT2D eigenvalue weighted by Gasteiger charge is 2.00. The number of rotatable bonds is 2. The van der Waals surface area contributed by atoms with Gasteiger partial charge in [-0.3, -0.25) is 0 Å². The summed E-state index contributed by atoms with van der Waals surface area (Å²) in [5.41, 5.74) is 6.88. The molecule has 2 N–H and O–H groups in total. The predicted molar refractivity (Wildman–Crippen MR) is 60.8 cm³/mol. The quantitative estimate of drug-likeness (QED) is 0.707. The fraction of sp³-hybridized carbons (Fsp3) is 0.385. The first-order valence-electron chi connectivity index (χ1n) is 5.00. The highest BCUT2D eigenvalue weighted by Crippen LogP contribution is 2.02. The summed E-state index contributed by atoms with van der Waals surface area (Å²) in [6, 6.07) is 9.94. The van der Waals surface area contributed by atoms with Gasteiger partial charge in [0.2, 0.25) is 0 Å². The molecule has 74 valence electrons. The Kier molecular flexibility index (Phi) is 4.22. The van der Waals surface area contributed by atoms with E-state index in [2.05, 4.69) is 25.7 Å². The van der Waals surface area contributed by atoms with E-state index in [9.17, 15) is 0 Å². The summed E-state index contributed by atoms with van der Waals surface area (Å²) < 4.78 is 0. The second kappa shape index (κ2) is 5.47. The van der Waals surface area contributed by atoms with Gasteiger partial charge in [0.1, 0.15) is 0 Å². The first kappa shape index (κ1) is 10.8. The van der Waals surface area contributed by atoms with Crippen molar-refractivity contribution in [3.05, 3.63) is 35.9 Å². The van der Waals surface area contributed by atoms with E-state index in [4.69, 9.17) is 5.73 Å². The Bertz CT molecular complexity index is 316. The van der Waals surface area contributed by atoms with E-state index in [1.165, 1.54) is 0 Å². The van der Waals surface area contributed by atoms with Crippen molar-refractivity contribution in [2.75, 3.05) is 0 Å². The second-order valence-corrected chi connectivity index (χ2v) is 3.87. The van der Waals surface area contributed by atoms with Crippen molar-refractivity contribution in [1.82, 2.24) is 0 Å². The van der Waals surface area contributed by atoms with Crippen molar-refractivity contribution >= 4 is 0 Å². The molecule has 1 rings (SSSR count). The molecule has 0 saturated heterocycles. The van der Waals surface area contributed by atoms with Crippen molar-refractivity contribution in [2.45, 2.75) is 26.3 Å². The molecule has 1 nitrogen and oxygen atoms in total. The molecule has 0 spiro atoms. The van der Waals surface area contributed by atoms with Gasteiger partial charge in [0.25, 0.3) is 0 Å². The molecule has 0 radical (unpaired) electrons. The van der Waals surface area contributed by atoms with Crippen LogP contribution in [0.1, 0.15) is 25.8 Å². The van der Waals surface area contributed by atoms with Crippen molar-refractivity contribution in [2.24, 2.45) is 11.7 Å². The molecule has 1 atom stereocenters. The van der Waals surface area contributed by atoms with Gasteiger partial charge in [-0.1, -0.05) is 43.9 Å². The average Bonchev–Trinajstić information content (AvgIpc) is 2.15. The van der Waals surface area contributed by atoms with Gasteiger partial charge in [-0.05, 0) is 24.5 Å². The van der Waals surface area contributed by atoms with Crippen LogP contribution >= 0.6 is 0 Å². The minimum absolute atomic E-state index is 0.00444. The SMILES string of the molecule is CC(C)CC(N)C#Cc1ccccc1. The third-order valence-electron chi connectivity index (χ3n) is 1.90. The standard InChI is InChI=1S/C13H17N/c1-11(2)10-13(14)9-8-12-6-4-3-5-7-12/h3-7,11,13H,10,14H2,1-2H3. The summed E-state index contributed by atoms with van der Waals surface area (Å²) in [6.07, 6.45) is 0.958. The number of hydrogen-bond donors (Lipinski definition) is 1. The van der Waals surface area contributed by atoms with Crippen LogP contribution in [0.3, 0.4) is 0 Å². The largest absolute Gasteiger partial charge is 0.318 e. The first-order chi connectivity index (χ1) is 6.68. The molecule has 0 bridgehead atoms. The Morgan fingerprint density at radius 2 is 1.86 bits per heavy atom. The summed E-state index contributed by atoms with van der Waals surface area (Å²) in [4.78, 5) is 0. The molecule has 0 aromatic heterocycles. The molecule has 0 aliphatic rings. The van der Waals surface area contributed by atoms with Crippen LogP contribution in [0.2, 0.25) is 0 Å². The zero-order chi connectivity index (χ0) is 10.4. The fourth-order valence-corrected chi connectivity index (χ4v) is 1.26. The molecule has 0 saturated carbocycles. The molecule has 1 aromatic rings. The minimum Gasteiger partial charge on any atom is -0.318 e. The number of benzene rings is 1. The summed E-state index contributed by atoms with van der Waals surface area (Å²) in [7, 11) is 0. The molecule has 0 aliphatic carbocycles. The molecular formula is C13H17N. The molecule has 0 heterocycles. The Morgan fingerprint density at radius 1 is 1.21 bits per heavy atom. The maximum atomic E-state index is 5.85. The summed E-state index contributed by atoms with van der Waals surface area (Å²) in [5.74, 6) is 6.74. The van der Waals surface area contributed by atoms with Crippen LogP contribution in [0, 0.1) is 17.8 Å². The normalized spacial score (nSPS) is 12.0. The van der Waals surface area contributed by atoms with Crippen LogP contribution in [0.5, 0.6) is 0 Å². The molecule has 1 unspecified atom stereocenters. The molecule has 14 heavy (non-hydrogen) atoms. The highest BCUT2D eigenvalue weighted by molar-refractivity contribution is 5.34. The Hall–Kier alpha value is -1.26. The molecule has 1 heteroatoms. The van der Waals surface area contributed by atoms with Crippen LogP contribution in [-0.2, 0) is 0 Å². The third-order valence-corrected chi connectivity index (χ3v) is 1.90. The van der Waals surface area contributed by atoms with Crippen LogP contribution in [0.4, 0.5) is 0 Å². The van der Waals surface area contributed by atoms with E-state index in [1.807, 2.05) is 30.3 Å². The van der Waals surface area contributed by atoms with Crippen LogP contribution < -0.4 is 5.73 Å². The van der Waals surface area contributed by atoms with E-state index < -0.39 is 0 Å². The maximum Gasteiger partial charge on any atom is 0.0670 e. The van der Waals surface area contributed by atoms with Crippen molar-refractivity contribution in [1.29, 1.82) is 0 Å². The zero-order valence-electron chi connectivity index (χ0n) is 8.83. The van der Waals surface area contributed by atoms with Gasteiger partial charge in [-0.25, -0.2) is 0 Å². The lowest BCUT2D eigenvalue weighted by Gasteiger charge is -2.06. The molecule has 0 amide bonds. The summed E-state index contributed by atoms with van der Waals surface area (Å²) >= 11 is 0. The second-order valence-electron chi connectivity index (χ2n) is 3.87. The van der Waals surface area contributed by atoms with E-state index in [0.717, 1.165) is 12.0 Å². The first-order valence-corrected chi connectivity index (χ1v) is 5.00. The third kappa shape index (κ3) is 4.11. The molecule has 0 aliphatic heterocycles. The molecular weight excluding hydrogens is 170 g/mol. The van der Waals surface area contributed by atoms with Gasteiger partial charge in [0.05, 0.1) is 6.04 Å². The Balaban J connectivity index is 2.55. The van der Waals surface area contributed by atoms with Crippen molar-refractivity contribution in [3.8, 4) is 11.8 Å². The van der Waals surface area contributed by atoms with Crippen LogP contribution in [-0.4, -0.2) is 6.04 Å². The highest BCUT2D eigenvalue weighted by atomic mass is 14.6. The summed E-state index contributed by atoms with van der Waals surface area (Å²) in [6.45, 7) is 4.31. The summed E-state index contributed by atoms with van der Waals surface area (Å²) in [5, 5.41) is 0. The lowest BCUT2D eigenvalue weighted by molar-refractivity contribution is 0.554. The predicted octanol–water partition coefficient (Wildman–Crippen LogP) is 2.41. The van der Waals surface area contributed by atoms with Gasteiger partial charge in [0.15, 0.2) is 0 Å². The van der Waals surface area contributed by atoms with Crippen LogP contribution in [0.25, 0.3) is 0 Å². The number of hydrogen-bond acceptors (Lipinski definition) is 1. The van der Waals surface area contributed by atoms with Gasteiger partial charge < -0.3 is 5.73 Å². The minimum atomic E-state index is -0.00444. The Morgan fingerprint density at radius 3 is 2.43 bits per heavy atom. The lowest BCUT2D eigenvalue weighted by atomic mass is 10.0. The smallest absolute Gasteiger partial charge is 0.0670 e. The molecule has 1 aromatic carbocycles. The van der Waals surface area contributed by atoms with Crippen LogP contribution in [0.15, 0.2) is 30.3 Å². The van der Waals surface area contributed by atoms with E-state index >= 15 is 0 Å². The van der Waals surface area contributed by atoms with Gasteiger partial charge in [0, 0.05) is 5.56 Å².